The molecule has 2 N–H and O–H groups in total. The molecule has 4 heteroatoms. The van der Waals surface area contributed by atoms with E-state index in [1.54, 1.807) is 12.1 Å². The molecule has 1 aliphatic carbocycles. The molecule has 2 rings (SSSR count). The fraction of sp³-hybridized carbons (Fsp3) is 0.588. The summed E-state index contributed by atoms with van der Waals surface area (Å²) < 4.78 is 13.2. The molecule has 0 aromatic heterocycles. The molecule has 1 unspecified atom stereocenters. The highest BCUT2D eigenvalue weighted by molar-refractivity contribution is 5.79. The van der Waals surface area contributed by atoms with E-state index < -0.39 is 0 Å². The van der Waals surface area contributed by atoms with Gasteiger partial charge < -0.3 is 10.6 Å². The lowest BCUT2D eigenvalue weighted by atomic mass is 10.1. The Hall–Kier alpha value is -1.42. The zero-order valence-corrected chi connectivity index (χ0v) is 12.7. The van der Waals surface area contributed by atoms with Gasteiger partial charge in [-0.1, -0.05) is 31.9 Å². The Balaban J connectivity index is 2.03. The van der Waals surface area contributed by atoms with Crippen molar-refractivity contribution in [2.45, 2.75) is 45.1 Å². The highest BCUT2D eigenvalue weighted by Crippen LogP contribution is 2.25. The topological polar surface area (TPSA) is 46.3 Å². The summed E-state index contributed by atoms with van der Waals surface area (Å²) in [5.74, 6) is -0.222. The number of rotatable bonds is 6. The fourth-order valence-corrected chi connectivity index (χ4v) is 3.01. The summed E-state index contributed by atoms with van der Waals surface area (Å²) in [6.07, 6.45) is 5.21. The lowest BCUT2D eigenvalue weighted by Crippen LogP contribution is -2.44. The summed E-state index contributed by atoms with van der Waals surface area (Å²) in [6, 6.07) is 6.95. The van der Waals surface area contributed by atoms with E-state index in [-0.39, 0.29) is 17.6 Å². The van der Waals surface area contributed by atoms with Gasteiger partial charge in [0.1, 0.15) is 5.82 Å². The molecule has 0 saturated heterocycles. The van der Waals surface area contributed by atoms with Gasteiger partial charge in [-0.25, -0.2) is 4.39 Å². The minimum absolute atomic E-state index is 0.140. The molecule has 0 aliphatic heterocycles. The second kappa shape index (κ2) is 7.55. The van der Waals surface area contributed by atoms with Crippen LogP contribution in [0.1, 0.15) is 38.2 Å². The number of halogens is 1. The van der Waals surface area contributed by atoms with E-state index in [0.717, 1.165) is 18.4 Å². The number of benzene rings is 1. The van der Waals surface area contributed by atoms with Gasteiger partial charge in [-0.05, 0) is 37.0 Å². The summed E-state index contributed by atoms with van der Waals surface area (Å²) in [4.78, 5) is 14.5. The zero-order chi connectivity index (χ0) is 15.2. The average Bonchev–Trinajstić information content (AvgIpc) is 3.00. The van der Waals surface area contributed by atoms with E-state index in [9.17, 15) is 9.18 Å². The molecule has 3 nitrogen and oxygen atoms in total. The van der Waals surface area contributed by atoms with E-state index in [0.29, 0.717) is 25.6 Å². The molecular formula is C17H25FN2O. The minimum Gasteiger partial charge on any atom is -0.339 e. The number of amides is 1. The van der Waals surface area contributed by atoms with Crippen molar-refractivity contribution < 1.29 is 9.18 Å². The van der Waals surface area contributed by atoms with Crippen LogP contribution in [0.3, 0.4) is 0 Å². The SMILES string of the molecule is CC(CN)C(=O)N(CCc1cccc(F)c1)C1CCCC1. The summed E-state index contributed by atoms with van der Waals surface area (Å²) in [6.45, 7) is 2.91. The lowest BCUT2D eigenvalue weighted by molar-refractivity contribution is -0.137. The van der Waals surface area contributed by atoms with Crippen LogP contribution in [-0.2, 0) is 11.2 Å². The normalized spacial score (nSPS) is 16.9. The third-order valence-corrected chi connectivity index (χ3v) is 4.35. The number of hydrogen-bond acceptors (Lipinski definition) is 2. The molecule has 116 valence electrons. The maximum Gasteiger partial charge on any atom is 0.226 e. The first-order valence-electron chi connectivity index (χ1n) is 7.87. The number of nitrogens with two attached hydrogens (primary N) is 1. The Morgan fingerprint density at radius 3 is 2.76 bits per heavy atom. The molecule has 1 saturated carbocycles. The molecule has 1 aromatic rings. The van der Waals surface area contributed by atoms with Crippen LogP contribution in [0.25, 0.3) is 0 Å². The van der Waals surface area contributed by atoms with Crippen LogP contribution in [0.2, 0.25) is 0 Å². The van der Waals surface area contributed by atoms with Crippen LogP contribution in [0.5, 0.6) is 0 Å². The van der Waals surface area contributed by atoms with Gasteiger partial charge in [0.15, 0.2) is 0 Å². The maximum absolute atomic E-state index is 13.2. The average molecular weight is 292 g/mol. The number of carbonyl (C=O) groups is 1. The highest BCUT2D eigenvalue weighted by Gasteiger charge is 2.28. The van der Waals surface area contributed by atoms with E-state index in [1.807, 2.05) is 17.9 Å². The Bertz CT molecular complexity index is 472. The van der Waals surface area contributed by atoms with Crippen molar-refractivity contribution in [3.63, 3.8) is 0 Å². The monoisotopic (exact) mass is 292 g/mol. The fourth-order valence-electron chi connectivity index (χ4n) is 3.01. The van der Waals surface area contributed by atoms with Crippen molar-refractivity contribution in [1.29, 1.82) is 0 Å². The third-order valence-electron chi connectivity index (χ3n) is 4.35. The highest BCUT2D eigenvalue weighted by atomic mass is 19.1. The van der Waals surface area contributed by atoms with E-state index in [2.05, 4.69) is 0 Å². The zero-order valence-electron chi connectivity index (χ0n) is 12.7. The van der Waals surface area contributed by atoms with Gasteiger partial charge in [0, 0.05) is 25.0 Å². The van der Waals surface area contributed by atoms with Crippen LogP contribution < -0.4 is 5.73 Å². The van der Waals surface area contributed by atoms with Crippen molar-refractivity contribution in [3.8, 4) is 0 Å². The summed E-state index contributed by atoms with van der Waals surface area (Å²) >= 11 is 0. The van der Waals surface area contributed by atoms with Crippen LogP contribution in [-0.4, -0.2) is 29.9 Å². The summed E-state index contributed by atoms with van der Waals surface area (Å²) in [5, 5.41) is 0. The summed E-state index contributed by atoms with van der Waals surface area (Å²) in [7, 11) is 0. The molecule has 1 aliphatic rings. The van der Waals surface area contributed by atoms with Crippen molar-refractivity contribution >= 4 is 5.91 Å². The largest absolute Gasteiger partial charge is 0.339 e. The van der Waals surface area contributed by atoms with Gasteiger partial charge in [0.25, 0.3) is 0 Å². The quantitative estimate of drug-likeness (QED) is 0.876. The molecule has 21 heavy (non-hydrogen) atoms. The Morgan fingerprint density at radius 2 is 2.14 bits per heavy atom. The third kappa shape index (κ3) is 4.27. The Morgan fingerprint density at radius 1 is 1.43 bits per heavy atom. The maximum atomic E-state index is 13.2. The first-order chi connectivity index (χ1) is 10.1. The predicted octanol–water partition coefficient (Wildman–Crippen LogP) is 2.73. The first kappa shape index (κ1) is 16.0. The second-order valence-corrected chi connectivity index (χ2v) is 5.99. The van der Waals surface area contributed by atoms with Crippen molar-refractivity contribution in [1.82, 2.24) is 4.90 Å². The van der Waals surface area contributed by atoms with Crippen LogP contribution in [0.4, 0.5) is 4.39 Å². The molecule has 0 radical (unpaired) electrons. The van der Waals surface area contributed by atoms with Gasteiger partial charge in [-0.3, -0.25) is 4.79 Å². The van der Waals surface area contributed by atoms with Crippen molar-refractivity contribution in [3.05, 3.63) is 35.6 Å². The van der Waals surface area contributed by atoms with Crippen molar-refractivity contribution in [2.24, 2.45) is 11.7 Å². The van der Waals surface area contributed by atoms with Gasteiger partial charge in [-0.2, -0.15) is 0 Å². The van der Waals surface area contributed by atoms with E-state index in [4.69, 9.17) is 5.73 Å². The molecule has 0 heterocycles. The van der Waals surface area contributed by atoms with E-state index >= 15 is 0 Å². The second-order valence-electron chi connectivity index (χ2n) is 5.99. The predicted molar refractivity (Wildman–Crippen MR) is 82.3 cm³/mol. The van der Waals surface area contributed by atoms with Gasteiger partial charge in [0.05, 0.1) is 0 Å². The molecule has 1 atom stereocenters. The van der Waals surface area contributed by atoms with Crippen LogP contribution >= 0.6 is 0 Å². The van der Waals surface area contributed by atoms with Crippen molar-refractivity contribution in [2.75, 3.05) is 13.1 Å². The smallest absolute Gasteiger partial charge is 0.226 e. The van der Waals surface area contributed by atoms with Gasteiger partial charge in [0.2, 0.25) is 5.91 Å². The summed E-state index contributed by atoms with van der Waals surface area (Å²) in [5.41, 5.74) is 6.58. The molecule has 0 bridgehead atoms. The standard InChI is InChI=1S/C17H25FN2O/c1-13(12-19)17(21)20(16-7-2-3-8-16)10-9-14-5-4-6-15(18)11-14/h4-6,11,13,16H,2-3,7-10,12,19H2,1H3. The molecule has 0 spiro atoms. The number of hydrogen-bond donors (Lipinski definition) is 1. The number of nitrogens with zero attached hydrogens (tertiary/aromatic N) is 1. The molecule has 1 amide bonds. The first-order valence-corrected chi connectivity index (χ1v) is 7.87. The molecule has 1 aromatic carbocycles. The number of carbonyl (C=O) groups excluding carboxylic acids is 1. The molecular weight excluding hydrogens is 267 g/mol. The van der Waals surface area contributed by atoms with E-state index in [1.165, 1.54) is 18.9 Å². The van der Waals surface area contributed by atoms with Gasteiger partial charge in [-0.15, -0.1) is 0 Å². The van der Waals surface area contributed by atoms with Crippen LogP contribution in [0.15, 0.2) is 24.3 Å². The lowest BCUT2D eigenvalue weighted by Gasteiger charge is -2.31. The Labute approximate surface area is 126 Å². The van der Waals surface area contributed by atoms with Crippen LogP contribution in [0, 0.1) is 11.7 Å². The minimum atomic E-state index is -0.221. The Kier molecular flexibility index (Phi) is 5.74. The molecule has 1 fully saturated rings. The van der Waals surface area contributed by atoms with Gasteiger partial charge >= 0.3 is 0 Å².